The molecule has 20 heavy (non-hydrogen) atoms. The fraction of sp³-hybridized carbons (Fsp3) is 0.467. The zero-order chi connectivity index (χ0) is 14.5. The second kappa shape index (κ2) is 6.52. The summed E-state index contributed by atoms with van der Waals surface area (Å²) in [6, 6.07) is 8.17. The lowest BCUT2D eigenvalue weighted by Crippen LogP contribution is -2.11. The van der Waals surface area contributed by atoms with E-state index in [1.807, 2.05) is 12.1 Å². The van der Waals surface area contributed by atoms with Crippen molar-refractivity contribution in [1.29, 1.82) is 0 Å². The molecule has 0 aliphatic rings. The molecule has 0 amide bonds. The van der Waals surface area contributed by atoms with Crippen molar-refractivity contribution in [3.8, 4) is 0 Å². The van der Waals surface area contributed by atoms with E-state index < -0.39 is 0 Å². The first kappa shape index (κ1) is 14.5. The number of benzene rings is 1. The first-order chi connectivity index (χ1) is 9.60. The van der Waals surface area contributed by atoms with Gasteiger partial charge in [-0.25, -0.2) is 0 Å². The highest BCUT2D eigenvalue weighted by Gasteiger charge is 2.21. The molecule has 1 N–H and O–H groups in total. The molecule has 1 atom stereocenters. The van der Waals surface area contributed by atoms with Crippen LogP contribution in [-0.4, -0.2) is 17.3 Å². The average molecular weight is 275 g/mol. The monoisotopic (exact) mass is 275 g/mol. The number of anilines is 1. The first-order valence-corrected chi connectivity index (χ1v) is 6.76. The molecule has 1 aromatic heterocycles. The van der Waals surface area contributed by atoms with Crippen molar-refractivity contribution in [3.05, 3.63) is 41.5 Å². The number of hydrogen-bond donors (Lipinski definition) is 1. The van der Waals surface area contributed by atoms with Gasteiger partial charge in [0.05, 0.1) is 6.54 Å². The van der Waals surface area contributed by atoms with Gasteiger partial charge in [0.25, 0.3) is 0 Å². The van der Waals surface area contributed by atoms with E-state index in [1.165, 1.54) is 5.56 Å². The van der Waals surface area contributed by atoms with Gasteiger partial charge in [0.1, 0.15) is 6.10 Å². The van der Waals surface area contributed by atoms with Crippen LogP contribution < -0.4 is 5.32 Å². The number of methoxy groups -OCH3 is 1. The smallest absolute Gasteiger partial charge is 0.246 e. The van der Waals surface area contributed by atoms with Crippen LogP contribution in [0.15, 0.2) is 28.8 Å². The molecule has 1 aromatic carbocycles. The van der Waals surface area contributed by atoms with Crippen molar-refractivity contribution in [2.45, 2.75) is 33.4 Å². The van der Waals surface area contributed by atoms with E-state index in [2.05, 4.69) is 48.4 Å². The van der Waals surface area contributed by atoms with Crippen molar-refractivity contribution in [1.82, 2.24) is 10.1 Å². The van der Waals surface area contributed by atoms with Crippen molar-refractivity contribution in [2.75, 3.05) is 12.4 Å². The predicted octanol–water partition coefficient (Wildman–Crippen LogP) is 3.33. The zero-order valence-corrected chi connectivity index (χ0v) is 12.4. The summed E-state index contributed by atoms with van der Waals surface area (Å²) in [5.41, 5.74) is 2.26. The van der Waals surface area contributed by atoms with Crippen LogP contribution >= 0.6 is 0 Å². The second-order valence-electron chi connectivity index (χ2n) is 5.17. The van der Waals surface area contributed by atoms with Crippen molar-refractivity contribution >= 4 is 5.69 Å². The zero-order valence-electron chi connectivity index (χ0n) is 12.4. The van der Waals surface area contributed by atoms with Gasteiger partial charge in [0.2, 0.25) is 11.7 Å². The largest absolute Gasteiger partial charge is 0.376 e. The molecule has 1 unspecified atom stereocenters. The summed E-state index contributed by atoms with van der Waals surface area (Å²) in [5.74, 6) is 1.46. The van der Waals surface area contributed by atoms with Crippen LogP contribution in [0.1, 0.15) is 37.2 Å². The summed E-state index contributed by atoms with van der Waals surface area (Å²) >= 11 is 0. The molecule has 0 aliphatic heterocycles. The standard InChI is InChI=1S/C15H21N3O2/c1-10(2)14(19-4)15-17-13(20-18-15)9-16-12-7-5-11(3)6-8-12/h5-8,10,14,16H,9H2,1-4H3. The molecular formula is C15H21N3O2. The minimum Gasteiger partial charge on any atom is -0.376 e. The van der Waals surface area contributed by atoms with Crippen LogP contribution in [0.5, 0.6) is 0 Å². The third kappa shape index (κ3) is 3.57. The Hall–Kier alpha value is -1.88. The minimum absolute atomic E-state index is 0.133. The Morgan fingerprint density at radius 3 is 2.55 bits per heavy atom. The second-order valence-corrected chi connectivity index (χ2v) is 5.17. The highest BCUT2D eigenvalue weighted by atomic mass is 16.5. The van der Waals surface area contributed by atoms with Gasteiger partial charge >= 0.3 is 0 Å². The SMILES string of the molecule is COC(c1noc(CNc2ccc(C)cc2)n1)C(C)C. The summed E-state index contributed by atoms with van der Waals surface area (Å²) in [7, 11) is 1.66. The summed E-state index contributed by atoms with van der Waals surface area (Å²) < 4.78 is 10.6. The van der Waals surface area contributed by atoms with Crippen LogP contribution in [0, 0.1) is 12.8 Å². The predicted molar refractivity (Wildman–Crippen MR) is 77.4 cm³/mol. The number of aromatic nitrogens is 2. The fourth-order valence-corrected chi connectivity index (χ4v) is 1.98. The van der Waals surface area contributed by atoms with Gasteiger partial charge in [-0.05, 0) is 25.0 Å². The highest BCUT2D eigenvalue weighted by Crippen LogP contribution is 2.22. The van der Waals surface area contributed by atoms with Gasteiger partial charge in [-0.2, -0.15) is 4.98 Å². The Kier molecular flexibility index (Phi) is 4.74. The van der Waals surface area contributed by atoms with E-state index in [0.29, 0.717) is 24.2 Å². The molecule has 0 spiro atoms. The summed E-state index contributed by atoms with van der Waals surface area (Å²) in [6.45, 7) is 6.69. The highest BCUT2D eigenvalue weighted by molar-refractivity contribution is 5.44. The molecule has 0 aliphatic carbocycles. The minimum atomic E-state index is -0.133. The normalized spacial score (nSPS) is 12.7. The molecular weight excluding hydrogens is 254 g/mol. The Morgan fingerprint density at radius 2 is 1.95 bits per heavy atom. The third-order valence-electron chi connectivity index (χ3n) is 3.09. The van der Waals surface area contributed by atoms with Gasteiger partial charge in [-0.1, -0.05) is 36.7 Å². The van der Waals surface area contributed by atoms with E-state index in [9.17, 15) is 0 Å². The van der Waals surface area contributed by atoms with Gasteiger partial charge < -0.3 is 14.6 Å². The van der Waals surface area contributed by atoms with E-state index in [0.717, 1.165) is 5.69 Å². The van der Waals surface area contributed by atoms with E-state index in [4.69, 9.17) is 9.26 Å². The molecule has 108 valence electrons. The van der Waals surface area contributed by atoms with Crippen molar-refractivity contribution < 1.29 is 9.26 Å². The Balaban J connectivity index is 1.97. The van der Waals surface area contributed by atoms with E-state index >= 15 is 0 Å². The number of nitrogens with zero attached hydrogens (tertiary/aromatic N) is 2. The Bertz CT molecular complexity index is 534. The summed E-state index contributed by atoms with van der Waals surface area (Å²) in [4.78, 5) is 4.37. The van der Waals surface area contributed by atoms with Gasteiger partial charge in [0, 0.05) is 12.8 Å². The van der Waals surface area contributed by atoms with Gasteiger partial charge in [-0.15, -0.1) is 0 Å². The quantitative estimate of drug-likeness (QED) is 0.876. The van der Waals surface area contributed by atoms with Crippen LogP contribution in [0.25, 0.3) is 0 Å². The van der Waals surface area contributed by atoms with Crippen molar-refractivity contribution in [2.24, 2.45) is 5.92 Å². The van der Waals surface area contributed by atoms with Crippen LogP contribution in [0.4, 0.5) is 5.69 Å². The summed E-state index contributed by atoms with van der Waals surface area (Å²) in [6.07, 6.45) is -0.133. The van der Waals surface area contributed by atoms with Crippen LogP contribution in [-0.2, 0) is 11.3 Å². The first-order valence-electron chi connectivity index (χ1n) is 6.76. The summed E-state index contributed by atoms with van der Waals surface area (Å²) in [5, 5.41) is 7.23. The molecule has 1 heterocycles. The number of nitrogens with one attached hydrogen (secondary N) is 1. The molecule has 0 saturated carbocycles. The lowest BCUT2D eigenvalue weighted by molar-refractivity contribution is 0.0555. The number of aryl methyl sites for hydroxylation is 1. The number of ether oxygens (including phenoxy) is 1. The molecule has 0 fully saturated rings. The molecule has 2 aromatic rings. The molecule has 0 saturated heterocycles. The van der Waals surface area contributed by atoms with Crippen LogP contribution in [0.3, 0.4) is 0 Å². The number of hydrogen-bond acceptors (Lipinski definition) is 5. The Morgan fingerprint density at radius 1 is 1.25 bits per heavy atom. The maximum atomic E-state index is 5.38. The molecule has 5 nitrogen and oxygen atoms in total. The van der Waals surface area contributed by atoms with Crippen LogP contribution in [0.2, 0.25) is 0 Å². The molecule has 2 rings (SSSR count). The average Bonchev–Trinajstić information content (AvgIpc) is 2.87. The van der Waals surface area contributed by atoms with E-state index in [-0.39, 0.29) is 6.10 Å². The molecule has 0 bridgehead atoms. The maximum Gasteiger partial charge on any atom is 0.246 e. The van der Waals surface area contributed by atoms with E-state index in [1.54, 1.807) is 7.11 Å². The molecule has 0 radical (unpaired) electrons. The lowest BCUT2D eigenvalue weighted by atomic mass is 10.1. The number of rotatable bonds is 6. The molecule has 5 heteroatoms. The third-order valence-corrected chi connectivity index (χ3v) is 3.09. The van der Waals surface area contributed by atoms with Crippen molar-refractivity contribution in [3.63, 3.8) is 0 Å². The van der Waals surface area contributed by atoms with Gasteiger partial charge in [-0.3, -0.25) is 0 Å². The maximum absolute atomic E-state index is 5.38. The Labute approximate surface area is 119 Å². The topological polar surface area (TPSA) is 60.2 Å². The van der Waals surface area contributed by atoms with Gasteiger partial charge in [0.15, 0.2) is 0 Å². The fourth-order valence-electron chi connectivity index (χ4n) is 1.98. The lowest BCUT2D eigenvalue weighted by Gasteiger charge is -2.14.